The van der Waals surface area contributed by atoms with Crippen LogP contribution in [-0.4, -0.2) is 28.2 Å². The first kappa shape index (κ1) is 25.2. The molecule has 0 radical (unpaired) electrons. The van der Waals surface area contributed by atoms with Gasteiger partial charge in [0.05, 0.1) is 5.56 Å². The van der Waals surface area contributed by atoms with Gasteiger partial charge >= 0.3 is 6.18 Å². The van der Waals surface area contributed by atoms with Gasteiger partial charge in [-0.2, -0.15) is 13.2 Å². The number of rotatable bonds is 8. The number of carbonyl (C=O) groups is 1. The number of aryl methyl sites for hydroxylation is 1. The van der Waals surface area contributed by atoms with E-state index < -0.39 is 23.2 Å². The molecule has 0 fully saturated rings. The van der Waals surface area contributed by atoms with Gasteiger partial charge in [0.15, 0.2) is 5.69 Å². The van der Waals surface area contributed by atoms with Crippen LogP contribution in [0.25, 0.3) is 11.1 Å². The minimum Gasteiger partial charge on any atom is -0.491 e. The van der Waals surface area contributed by atoms with E-state index in [4.69, 9.17) is 15.0 Å². The van der Waals surface area contributed by atoms with Gasteiger partial charge in [0.25, 0.3) is 5.91 Å². The summed E-state index contributed by atoms with van der Waals surface area (Å²) in [5.74, 6) is 0.0588. The Hall–Kier alpha value is -3.40. The summed E-state index contributed by atoms with van der Waals surface area (Å²) in [7, 11) is 0. The molecule has 3 aromatic rings. The average molecular weight is 476 g/mol. The Morgan fingerprint density at radius 3 is 2.50 bits per heavy atom. The highest BCUT2D eigenvalue weighted by Crippen LogP contribution is 2.39. The minimum atomic E-state index is -4.64. The molecule has 2 aromatic heterocycles. The molecule has 0 aliphatic heterocycles. The van der Waals surface area contributed by atoms with Gasteiger partial charge in [-0.25, -0.2) is 4.98 Å². The second-order valence-electron chi connectivity index (χ2n) is 8.96. The van der Waals surface area contributed by atoms with E-state index in [2.05, 4.69) is 15.5 Å². The summed E-state index contributed by atoms with van der Waals surface area (Å²) in [6, 6.07) is 8.28. The zero-order chi connectivity index (χ0) is 25.1. The Morgan fingerprint density at radius 1 is 1.18 bits per heavy atom. The summed E-state index contributed by atoms with van der Waals surface area (Å²) in [6.45, 7) is 7.31. The number of alkyl halides is 3. The number of halogens is 3. The number of pyridine rings is 1. The summed E-state index contributed by atoms with van der Waals surface area (Å²) in [5, 5.41) is 6.19. The molecule has 3 N–H and O–H groups in total. The fraction of sp³-hybridized carbons (Fsp3) is 0.375. The lowest BCUT2D eigenvalue weighted by Crippen LogP contribution is -2.43. The maximum atomic E-state index is 13.8. The third kappa shape index (κ3) is 6.57. The topological polar surface area (TPSA) is 103 Å². The van der Waals surface area contributed by atoms with Gasteiger partial charge in [0.2, 0.25) is 0 Å². The minimum absolute atomic E-state index is 0.0550. The van der Waals surface area contributed by atoms with Crippen LogP contribution in [0.4, 0.5) is 19.0 Å². The lowest BCUT2D eigenvalue weighted by molar-refractivity contribution is -0.139. The van der Waals surface area contributed by atoms with Gasteiger partial charge in [-0.05, 0) is 61.6 Å². The molecule has 1 aromatic carbocycles. The molecule has 1 atom stereocenters. The highest BCUT2D eigenvalue weighted by molar-refractivity contribution is 6.02. The summed E-state index contributed by atoms with van der Waals surface area (Å²) < 4.78 is 51.8. The van der Waals surface area contributed by atoms with Gasteiger partial charge in [-0.15, -0.1) is 0 Å². The van der Waals surface area contributed by atoms with E-state index in [0.717, 1.165) is 6.07 Å². The summed E-state index contributed by atoms with van der Waals surface area (Å²) in [4.78, 5) is 16.3. The predicted molar refractivity (Wildman–Crippen MR) is 121 cm³/mol. The molecule has 2 heterocycles. The predicted octanol–water partition coefficient (Wildman–Crippen LogP) is 5.46. The van der Waals surface area contributed by atoms with Gasteiger partial charge in [0, 0.05) is 17.8 Å². The molecule has 3 rings (SSSR count). The van der Waals surface area contributed by atoms with Crippen molar-refractivity contribution in [2.24, 2.45) is 11.7 Å². The van der Waals surface area contributed by atoms with E-state index in [0.29, 0.717) is 17.7 Å². The van der Waals surface area contributed by atoms with Crippen molar-refractivity contribution in [3.05, 3.63) is 59.6 Å². The molecule has 0 aliphatic carbocycles. The molecule has 10 heteroatoms. The van der Waals surface area contributed by atoms with Gasteiger partial charge in [0.1, 0.15) is 23.9 Å². The van der Waals surface area contributed by atoms with Crippen LogP contribution in [0.3, 0.4) is 0 Å². The number of anilines is 1. The molecule has 7 nitrogen and oxygen atoms in total. The highest BCUT2D eigenvalue weighted by atomic mass is 19.4. The van der Waals surface area contributed by atoms with Crippen molar-refractivity contribution in [1.29, 1.82) is 0 Å². The van der Waals surface area contributed by atoms with Crippen LogP contribution >= 0.6 is 0 Å². The second kappa shape index (κ2) is 9.84. The first-order chi connectivity index (χ1) is 15.8. The maximum Gasteiger partial charge on any atom is 0.419 e. The molecule has 34 heavy (non-hydrogen) atoms. The maximum absolute atomic E-state index is 13.8. The van der Waals surface area contributed by atoms with E-state index in [1.54, 1.807) is 19.9 Å². The van der Waals surface area contributed by atoms with Crippen molar-refractivity contribution in [2.45, 2.75) is 45.8 Å². The van der Waals surface area contributed by atoms with Crippen LogP contribution in [0.1, 0.15) is 49.0 Å². The first-order valence-corrected chi connectivity index (χ1v) is 10.7. The van der Waals surface area contributed by atoms with Gasteiger partial charge in [-0.1, -0.05) is 25.1 Å². The average Bonchev–Trinajstić information content (AvgIpc) is 3.17. The smallest absolute Gasteiger partial charge is 0.419 e. The van der Waals surface area contributed by atoms with Crippen molar-refractivity contribution in [1.82, 2.24) is 10.1 Å². The number of benzene rings is 1. The molecule has 1 amide bonds. The van der Waals surface area contributed by atoms with Crippen molar-refractivity contribution in [2.75, 3.05) is 11.9 Å². The monoisotopic (exact) mass is 476 g/mol. The normalized spacial score (nSPS) is 13.6. The Kier molecular flexibility index (Phi) is 7.30. The quantitative estimate of drug-likeness (QED) is 0.448. The number of aromatic nitrogens is 2. The fourth-order valence-corrected chi connectivity index (χ4v) is 3.62. The fourth-order valence-electron chi connectivity index (χ4n) is 3.62. The van der Waals surface area contributed by atoms with E-state index in [9.17, 15) is 18.0 Å². The number of nitrogens with two attached hydrogens (primary N) is 1. The van der Waals surface area contributed by atoms with Crippen LogP contribution in [0, 0.1) is 12.8 Å². The van der Waals surface area contributed by atoms with Gasteiger partial charge in [-0.3, -0.25) is 4.79 Å². The molecular weight excluding hydrogens is 449 g/mol. The van der Waals surface area contributed by atoms with Crippen molar-refractivity contribution >= 4 is 11.7 Å². The van der Waals surface area contributed by atoms with E-state index in [-0.39, 0.29) is 35.3 Å². The van der Waals surface area contributed by atoms with E-state index in [1.165, 1.54) is 30.5 Å². The molecule has 0 spiro atoms. The SMILES string of the molecule is Cc1cc(C(=O)Nc2cc(-c3ccc(OCC(C)(N)CC(C)C)c(C(F)(F)F)c3)ccn2)no1. The van der Waals surface area contributed by atoms with E-state index >= 15 is 0 Å². The lowest BCUT2D eigenvalue weighted by Gasteiger charge is -2.27. The molecular formula is C24H27F3N4O3. The number of ether oxygens (including phenoxy) is 1. The van der Waals surface area contributed by atoms with Crippen LogP contribution in [0.15, 0.2) is 47.1 Å². The van der Waals surface area contributed by atoms with Crippen molar-refractivity contribution < 1.29 is 27.2 Å². The third-order valence-corrected chi connectivity index (χ3v) is 4.91. The summed E-state index contributed by atoms with van der Waals surface area (Å²) >= 11 is 0. The molecule has 0 saturated carbocycles. The van der Waals surface area contributed by atoms with Crippen LogP contribution < -0.4 is 15.8 Å². The number of nitrogens with zero attached hydrogens (tertiary/aromatic N) is 2. The van der Waals surface area contributed by atoms with E-state index in [1.807, 2.05) is 13.8 Å². The van der Waals surface area contributed by atoms with Crippen LogP contribution in [0.5, 0.6) is 5.75 Å². The number of carbonyl (C=O) groups excluding carboxylic acids is 1. The Morgan fingerprint density at radius 2 is 1.88 bits per heavy atom. The Balaban J connectivity index is 1.84. The standard InChI is InChI=1S/C24H27F3N4O3/c1-14(2)12-23(4,28)13-33-20-6-5-16(10-18(20)24(25,26)27)17-7-8-29-21(11-17)30-22(32)19-9-15(3)34-31-19/h5-11,14H,12-13,28H2,1-4H3,(H,29,30,32). The Labute approximate surface area is 195 Å². The number of amides is 1. The Bertz CT molecular complexity index is 1160. The number of hydrogen-bond donors (Lipinski definition) is 2. The third-order valence-electron chi connectivity index (χ3n) is 4.91. The number of nitrogens with one attached hydrogen (secondary N) is 1. The lowest BCUT2D eigenvalue weighted by atomic mass is 9.93. The largest absolute Gasteiger partial charge is 0.491 e. The first-order valence-electron chi connectivity index (χ1n) is 10.7. The molecule has 0 bridgehead atoms. The summed E-state index contributed by atoms with van der Waals surface area (Å²) in [5.41, 5.74) is 5.29. The zero-order valence-electron chi connectivity index (χ0n) is 19.4. The molecule has 0 saturated heterocycles. The van der Waals surface area contributed by atoms with Gasteiger partial charge < -0.3 is 20.3 Å². The van der Waals surface area contributed by atoms with Crippen molar-refractivity contribution in [3.63, 3.8) is 0 Å². The zero-order valence-corrected chi connectivity index (χ0v) is 19.4. The van der Waals surface area contributed by atoms with Crippen LogP contribution in [-0.2, 0) is 6.18 Å². The molecule has 0 aliphatic rings. The number of hydrogen-bond acceptors (Lipinski definition) is 6. The molecule has 1 unspecified atom stereocenters. The summed E-state index contributed by atoms with van der Waals surface area (Å²) in [6.07, 6.45) is -2.64. The van der Waals surface area contributed by atoms with Crippen LogP contribution in [0.2, 0.25) is 0 Å². The second-order valence-corrected chi connectivity index (χ2v) is 8.96. The molecule has 182 valence electrons. The highest BCUT2D eigenvalue weighted by Gasteiger charge is 2.35. The van der Waals surface area contributed by atoms with Crippen molar-refractivity contribution in [3.8, 4) is 16.9 Å².